The number of para-hydroxylation sites is 1. The quantitative estimate of drug-likeness (QED) is 0.908. The van der Waals surface area contributed by atoms with E-state index in [4.69, 9.17) is 15.2 Å². The maximum absolute atomic E-state index is 10.9. The summed E-state index contributed by atoms with van der Waals surface area (Å²) in [6.07, 6.45) is 1.79. The fourth-order valence-electron chi connectivity index (χ4n) is 2.29. The molecule has 0 spiro atoms. The summed E-state index contributed by atoms with van der Waals surface area (Å²) < 4.78 is 10.5. The van der Waals surface area contributed by atoms with E-state index in [1.807, 2.05) is 18.2 Å². The molecule has 2 heterocycles. The van der Waals surface area contributed by atoms with E-state index in [1.165, 1.54) is 0 Å². The van der Waals surface area contributed by atoms with Crippen LogP contribution in [0.4, 0.5) is 4.79 Å². The molecule has 2 aromatic rings. The van der Waals surface area contributed by atoms with Crippen molar-refractivity contribution in [1.29, 1.82) is 0 Å². The molecule has 0 unspecified atom stereocenters. The lowest BCUT2D eigenvalue weighted by Gasteiger charge is -2.17. The average Bonchev–Trinajstić information content (AvgIpc) is 2.47. The largest absolute Gasteiger partial charge is 0.410 e. The molecule has 0 aliphatic carbocycles. The van der Waals surface area contributed by atoms with Crippen LogP contribution in [0.1, 0.15) is 11.3 Å². The van der Waals surface area contributed by atoms with Crippen molar-refractivity contribution in [2.45, 2.75) is 13.0 Å². The lowest BCUT2D eigenvalue weighted by molar-refractivity contribution is 0.109. The zero-order valence-corrected chi connectivity index (χ0v) is 10.8. The lowest BCUT2D eigenvalue weighted by atomic mass is 10.0. The van der Waals surface area contributed by atoms with Gasteiger partial charge in [-0.2, -0.15) is 0 Å². The van der Waals surface area contributed by atoms with E-state index in [1.54, 1.807) is 18.3 Å². The molecule has 2 N–H and O–H groups in total. The van der Waals surface area contributed by atoms with Crippen molar-refractivity contribution < 1.29 is 14.3 Å². The summed E-state index contributed by atoms with van der Waals surface area (Å²) >= 11 is 0. The van der Waals surface area contributed by atoms with Gasteiger partial charge in [-0.15, -0.1) is 0 Å². The third-order valence-corrected chi connectivity index (χ3v) is 3.21. The van der Waals surface area contributed by atoms with Gasteiger partial charge in [0.2, 0.25) is 0 Å². The van der Waals surface area contributed by atoms with Gasteiger partial charge in [-0.05, 0) is 17.7 Å². The van der Waals surface area contributed by atoms with Crippen molar-refractivity contribution in [1.82, 2.24) is 4.98 Å². The topological polar surface area (TPSA) is 74.4 Å². The van der Waals surface area contributed by atoms with Gasteiger partial charge in [-0.1, -0.05) is 18.2 Å². The van der Waals surface area contributed by atoms with Crippen molar-refractivity contribution in [3.8, 4) is 16.9 Å². The number of pyridine rings is 1. The number of aromatic nitrogens is 1. The van der Waals surface area contributed by atoms with Crippen LogP contribution in [0.5, 0.6) is 5.75 Å². The Morgan fingerprint density at radius 3 is 3.05 bits per heavy atom. The van der Waals surface area contributed by atoms with Gasteiger partial charge in [-0.3, -0.25) is 4.98 Å². The third kappa shape index (κ3) is 2.48. The molecule has 1 aliphatic heterocycles. The Kier molecular flexibility index (Phi) is 3.35. The maximum atomic E-state index is 10.9. The number of nitrogens with two attached hydrogens (primary N) is 1. The average molecular weight is 270 g/mol. The van der Waals surface area contributed by atoms with Crippen LogP contribution < -0.4 is 10.5 Å². The zero-order chi connectivity index (χ0) is 13.9. The smallest absolute Gasteiger partial charge is 0.409 e. The molecular formula is C15H14N2O3. The summed E-state index contributed by atoms with van der Waals surface area (Å²) in [5.41, 5.74) is 8.89. The van der Waals surface area contributed by atoms with Crippen molar-refractivity contribution in [2.24, 2.45) is 5.73 Å². The number of fused-ring (bicyclic) bond motifs is 1. The first-order chi connectivity index (χ1) is 9.74. The van der Waals surface area contributed by atoms with E-state index in [-0.39, 0.29) is 0 Å². The molecule has 1 amide bonds. The first-order valence-corrected chi connectivity index (χ1v) is 6.36. The SMILES string of the molecule is NC(=O)Oc1ccccc1-c1cnc2c(c1)COCC2. The number of hydrogen-bond donors (Lipinski definition) is 1. The van der Waals surface area contributed by atoms with Gasteiger partial charge in [0.05, 0.1) is 13.2 Å². The van der Waals surface area contributed by atoms with Gasteiger partial charge in [0.1, 0.15) is 5.75 Å². The molecule has 0 saturated heterocycles. The van der Waals surface area contributed by atoms with E-state index in [0.29, 0.717) is 19.0 Å². The first-order valence-electron chi connectivity index (χ1n) is 6.36. The molecule has 3 rings (SSSR count). The summed E-state index contributed by atoms with van der Waals surface area (Å²) in [5.74, 6) is 0.429. The molecule has 0 fully saturated rings. The van der Waals surface area contributed by atoms with Crippen LogP contribution in [-0.2, 0) is 17.8 Å². The van der Waals surface area contributed by atoms with Crippen molar-refractivity contribution >= 4 is 6.09 Å². The Hall–Kier alpha value is -2.40. The van der Waals surface area contributed by atoms with Gasteiger partial charge < -0.3 is 15.2 Å². The Morgan fingerprint density at radius 1 is 1.35 bits per heavy atom. The fourth-order valence-corrected chi connectivity index (χ4v) is 2.29. The van der Waals surface area contributed by atoms with E-state index >= 15 is 0 Å². The van der Waals surface area contributed by atoms with Crippen molar-refractivity contribution in [2.75, 3.05) is 6.61 Å². The molecule has 0 saturated carbocycles. The van der Waals surface area contributed by atoms with Gasteiger partial charge >= 0.3 is 6.09 Å². The van der Waals surface area contributed by atoms with Crippen LogP contribution in [0.25, 0.3) is 11.1 Å². The van der Waals surface area contributed by atoms with E-state index < -0.39 is 6.09 Å². The summed E-state index contributed by atoms with van der Waals surface area (Å²) in [5, 5.41) is 0. The van der Waals surface area contributed by atoms with Crippen LogP contribution in [0, 0.1) is 0 Å². The normalized spacial score (nSPS) is 13.6. The highest BCUT2D eigenvalue weighted by Crippen LogP contribution is 2.31. The minimum atomic E-state index is -0.827. The molecule has 1 aromatic heterocycles. The predicted molar refractivity (Wildman–Crippen MR) is 73.2 cm³/mol. The minimum Gasteiger partial charge on any atom is -0.410 e. The summed E-state index contributed by atoms with van der Waals surface area (Å²) in [6.45, 7) is 1.27. The molecule has 20 heavy (non-hydrogen) atoms. The van der Waals surface area contributed by atoms with Gasteiger partial charge in [0.25, 0.3) is 0 Å². The molecule has 0 bridgehead atoms. The standard InChI is InChI=1S/C15H14N2O3/c16-15(18)20-14-4-2-1-3-12(14)10-7-11-9-19-6-5-13(11)17-8-10/h1-4,7-8H,5-6,9H2,(H2,16,18). The predicted octanol–water partition coefficient (Wildman–Crippen LogP) is 2.28. The molecule has 5 heteroatoms. The number of nitrogens with zero attached hydrogens (tertiary/aromatic N) is 1. The van der Waals surface area contributed by atoms with Gasteiger partial charge in [-0.25, -0.2) is 4.79 Å². The number of amides is 1. The first kappa shape index (κ1) is 12.6. The van der Waals surface area contributed by atoms with Crippen LogP contribution in [-0.4, -0.2) is 17.7 Å². The number of carbonyl (C=O) groups is 1. The Balaban J connectivity index is 2.02. The van der Waals surface area contributed by atoms with E-state index in [2.05, 4.69) is 4.98 Å². The summed E-state index contributed by atoms with van der Waals surface area (Å²) in [4.78, 5) is 15.4. The third-order valence-electron chi connectivity index (χ3n) is 3.21. The van der Waals surface area contributed by atoms with E-state index in [0.717, 1.165) is 28.8 Å². The highest BCUT2D eigenvalue weighted by molar-refractivity contribution is 5.76. The Morgan fingerprint density at radius 2 is 2.20 bits per heavy atom. The fraction of sp³-hybridized carbons (Fsp3) is 0.200. The highest BCUT2D eigenvalue weighted by atomic mass is 16.5. The minimum absolute atomic E-state index is 0.429. The second-order valence-electron chi connectivity index (χ2n) is 4.55. The molecule has 0 radical (unpaired) electrons. The van der Waals surface area contributed by atoms with Crippen LogP contribution >= 0.6 is 0 Å². The summed E-state index contributed by atoms with van der Waals surface area (Å²) in [6, 6.07) is 9.25. The number of primary amides is 1. The number of carbonyl (C=O) groups excluding carboxylic acids is 1. The number of rotatable bonds is 2. The van der Waals surface area contributed by atoms with Crippen LogP contribution in [0.15, 0.2) is 36.5 Å². The summed E-state index contributed by atoms with van der Waals surface area (Å²) in [7, 11) is 0. The molecular weight excluding hydrogens is 256 g/mol. The van der Waals surface area contributed by atoms with Gasteiger partial charge in [0.15, 0.2) is 0 Å². The highest BCUT2D eigenvalue weighted by Gasteiger charge is 2.14. The molecule has 5 nitrogen and oxygen atoms in total. The second kappa shape index (κ2) is 5.30. The molecule has 102 valence electrons. The molecule has 0 atom stereocenters. The van der Waals surface area contributed by atoms with Gasteiger partial charge in [0, 0.05) is 29.4 Å². The van der Waals surface area contributed by atoms with Crippen LogP contribution in [0.2, 0.25) is 0 Å². The molecule has 1 aromatic carbocycles. The lowest BCUT2D eigenvalue weighted by Crippen LogP contribution is -2.16. The Bertz CT molecular complexity index is 655. The van der Waals surface area contributed by atoms with E-state index in [9.17, 15) is 4.79 Å². The number of ether oxygens (including phenoxy) is 2. The maximum Gasteiger partial charge on any atom is 0.409 e. The van der Waals surface area contributed by atoms with Crippen molar-refractivity contribution in [3.63, 3.8) is 0 Å². The van der Waals surface area contributed by atoms with Crippen LogP contribution in [0.3, 0.4) is 0 Å². The van der Waals surface area contributed by atoms with Crippen molar-refractivity contribution in [3.05, 3.63) is 47.8 Å². The zero-order valence-electron chi connectivity index (χ0n) is 10.8. The second-order valence-corrected chi connectivity index (χ2v) is 4.55. The molecule has 1 aliphatic rings. The number of hydrogen-bond acceptors (Lipinski definition) is 4. The monoisotopic (exact) mass is 270 g/mol. The number of benzene rings is 1. The Labute approximate surface area is 116 Å².